The molecule has 2 unspecified atom stereocenters. The molecule has 4 rings (SSSR count). The molecule has 2 aromatic rings. The molecule has 1 heterocycles. The number of hydrogen-bond acceptors (Lipinski definition) is 3. The number of sulfonamides is 1. The van der Waals surface area contributed by atoms with Crippen LogP contribution in [0.5, 0.6) is 5.75 Å². The van der Waals surface area contributed by atoms with E-state index < -0.39 is 15.3 Å². The molecule has 1 fully saturated rings. The van der Waals surface area contributed by atoms with E-state index in [9.17, 15) is 8.42 Å². The maximum atomic E-state index is 13.0. The van der Waals surface area contributed by atoms with E-state index in [4.69, 9.17) is 16.3 Å². The molecule has 1 saturated heterocycles. The lowest BCUT2D eigenvalue weighted by molar-refractivity contribution is 0.430. The predicted molar refractivity (Wildman–Crippen MR) is 104 cm³/mol. The molecule has 2 aliphatic rings. The second kappa shape index (κ2) is 6.49. The predicted octanol–water partition coefficient (Wildman–Crippen LogP) is 4.40. The molecule has 0 amide bonds. The van der Waals surface area contributed by atoms with Crippen molar-refractivity contribution in [3.8, 4) is 5.75 Å². The van der Waals surface area contributed by atoms with Gasteiger partial charge in [-0.15, -0.1) is 0 Å². The van der Waals surface area contributed by atoms with Crippen molar-refractivity contribution < 1.29 is 13.2 Å². The Morgan fingerprint density at radius 1 is 1.12 bits per heavy atom. The third-order valence-corrected chi connectivity index (χ3v) is 7.19. The largest absolute Gasteiger partial charge is 0.458 e. The Hall–Kier alpha value is -2.24. The van der Waals surface area contributed by atoms with E-state index in [2.05, 4.69) is 0 Å². The average Bonchev–Trinajstić information content (AvgIpc) is 2.87. The van der Waals surface area contributed by atoms with Crippen LogP contribution in [0.2, 0.25) is 5.02 Å². The minimum Gasteiger partial charge on any atom is -0.458 e. The van der Waals surface area contributed by atoms with Crippen molar-refractivity contribution in [1.29, 1.82) is 0 Å². The highest BCUT2D eigenvalue weighted by atomic mass is 35.5. The summed E-state index contributed by atoms with van der Waals surface area (Å²) in [6.45, 7) is 2.25. The van der Waals surface area contributed by atoms with Crippen molar-refractivity contribution in [1.82, 2.24) is 0 Å². The molecule has 0 radical (unpaired) electrons. The molecule has 0 bridgehead atoms. The Bertz CT molecular complexity index is 999. The van der Waals surface area contributed by atoms with Gasteiger partial charge in [0.15, 0.2) is 0 Å². The van der Waals surface area contributed by atoms with Crippen LogP contribution in [0.3, 0.4) is 0 Å². The lowest BCUT2D eigenvalue weighted by atomic mass is 9.94. The van der Waals surface area contributed by atoms with E-state index in [-0.39, 0.29) is 5.92 Å². The van der Waals surface area contributed by atoms with Crippen molar-refractivity contribution in [2.75, 3.05) is 10.8 Å². The van der Waals surface area contributed by atoms with Gasteiger partial charge >= 0.3 is 0 Å². The van der Waals surface area contributed by atoms with Gasteiger partial charge in [-0.25, -0.2) is 8.42 Å². The van der Waals surface area contributed by atoms with E-state index in [1.807, 2.05) is 61.5 Å². The summed E-state index contributed by atoms with van der Waals surface area (Å²) in [7, 11) is -3.45. The number of allylic oxidation sites excluding steroid dienone is 2. The van der Waals surface area contributed by atoms with Gasteiger partial charge < -0.3 is 4.74 Å². The van der Waals surface area contributed by atoms with Crippen LogP contribution in [0.25, 0.3) is 0 Å². The van der Waals surface area contributed by atoms with Gasteiger partial charge in [-0.05, 0) is 48.1 Å². The van der Waals surface area contributed by atoms with Gasteiger partial charge in [0.1, 0.15) is 16.8 Å². The van der Waals surface area contributed by atoms with Crippen LogP contribution >= 0.6 is 11.6 Å². The number of anilines is 1. The maximum Gasteiger partial charge on any atom is 0.242 e. The standard InChI is InChI=1S/C20H18ClNO3S/c1-14-10-19(25-18-9-5-6-16(21)12-18)11-15-13-22(26(23,24)20(14)15)17-7-3-2-4-8-17/h2-12,14,20H,13H2,1H3. The molecular weight excluding hydrogens is 370 g/mol. The molecule has 0 N–H and O–H groups in total. The smallest absolute Gasteiger partial charge is 0.242 e. The fraction of sp³-hybridized carbons (Fsp3) is 0.200. The zero-order valence-corrected chi connectivity index (χ0v) is 15.7. The van der Waals surface area contributed by atoms with Gasteiger partial charge in [0.2, 0.25) is 10.0 Å². The van der Waals surface area contributed by atoms with Crippen LogP contribution in [0.1, 0.15) is 6.92 Å². The van der Waals surface area contributed by atoms with Gasteiger partial charge in [-0.1, -0.05) is 42.8 Å². The van der Waals surface area contributed by atoms with Gasteiger partial charge in [0, 0.05) is 10.9 Å². The van der Waals surface area contributed by atoms with Crippen LogP contribution < -0.4 is 9.04 Å². The minimum absolute atomic E-state index is 0.178. The molecular formula is C20H18ClNO3S. The molecule has 0 spiro atoms. The summed E-state index contributed by atoms with van der Waals surface area (Å²) < 4.78 is 33.5. The summed E-state index contributed by atoms with van der Waals surface area (Å²) in [6, 6.07) is 16.4. The third kappa shape index (κ3) is 3.02. The molecule has 0 aromatic heterocycles. The van der Waals surface area contributed by atoms with Crippen LogP contribution in [0, 0.1) is 5.92 Å². The van der Waals surface area contributed by atoms with E-state index >= 15 is 0 Å². The summed E-state index contributed by atoms with van der Waals surface area (Å²) >= 11 is 6.00. The van der Waals surface area contributed by atoms with Crippen molar-refractivity contribution >= 4 is 27.3 Å². The Kier molecular flexibility index (Phi) is 4.29. The van der Waals surface area contributed by atoms with Gasteiger partial charge in [0.05, 0.1) is 12.2 Å². The first kappa shape index (κ1) is 17.2. The van der Waals surface area contributed by atoms with E-state index in [0.29, 0.717) is 28.8 Å². The van der Waals surface area contributed by atoms with Crippen molar-refractivity contribution in [2.45, 2.75) is 12.2 Å². The highest BCUT2D eigenvalue weighted by Crippen LogP contribution is 2.39. The summed E-state index contributed by atoms with van der Waals surface area (Å²) in [5.74, 6) is 1.10. The van der Waals surface area contributed by atoms with Crippen molar-refractivity contribution in [3.63, 3.8) is 0 Å². The zero-order valence-electron chi connectivity index (χ0n) is 14.2. The van der Waals surface area contributed by atoms with Crippen LogP contribution in [-0.2, 0) is 10.0 Å². The average molecular weight is 388 g/mol. The molecule has 4 nitrogen and oxygen atoms in total. The molecule has 2 aromatic carbocycles. The third-order valence-electron chi connectivity index (χ3n) is 4.63. The Morgan fingerprint density at radius 3 is 2.62 bits per heavy atom. The van der Waals surface area contributed by atoms with Gasteiger partial charge in [-0.3, -0.25) is 4.31 Å². The number of halogens is 1. The minimum atomic E-state index is -3.45. The topological polar surface area (TPSA) is 46.6 Å². The fourth-order valence-electron chi connectivity index (χ4n) is 3.55. The van der Waals surface area contributed by atoms with Gasteiger partial charge in [-0.2, -0.15) is 0 Å². The van der Waals surface area contributed by atoms with Crippen molar-refractivity contribution in [2.24, 2.45) is 5.92 Å². The maximum absolute atomic E-state index is 13.0. The van der Waals surface area contributed by atoms with E-state index in [1.54, 1.807) is 12.1 Å². The SMILES string of the molecule is CC1C=C(Oc2cccc(Cl)c2)C=C2CN(c3ccccc3)S(=O)(=O)C21. The first-order valence-corrected chi connectivity index (χ1v) is 10.3. The Morgan fingerprint density at radius 2 is 1.88 bits per heavy atom. The molecule has 6 heteroatoms. The van der Waals surface area contributed by atoms with Crippen LogP contribution in [-0.4, -0.2) is 20.2 Å². The number of benzene rings is 2. The van der Waals surface area contributed by atoms with E-state index in [0.717, 1.165) is 5.57 Å². The summed E-state index contributed by atoms with van der Waals surface area (Å²) in [5.41, 5.74) is 1.54. The summed E-state index contributed by atoms with van der Waals surface area (Å²) in [4.78, 5) is 0. The lowest BCUT2D eigenvalue weighted by Gasteiger charge is -2.23. The fourth-order valence-corrected chi connectivity index (χ4v) is 5.90. The second-order valence-corrected chi connectivity index (χ2v) is 8.93. The number of fused-ring (bicyclic) bond motifs is 1. The number of nitrogens with zero attached hydrogens (tertiary/aromatic N) is 1. The monoisotopic (exact) mass is 387 g/mol. The molecule has 134 valence electrons. The second-order valence-electron chi connectivity index (χ2n) is 6.51. The molecule has 1 aliphatic heterocycles. The first-order chi connectivity index (χ1) is 12.4. The Labute approximate surface area is 158 Å². The number of hydrogen-bond donors (Lipinski definition) is 0. The summed E-state index contributed by atoms with van der Waals surface area (Å²) in [5, 5.41) is 0.0469. The molecule has 0 saturated carbocycles. The number of para-hydroxylation sites is 1. The van der Waals surface area contributed by atoms with Crippen LogP contribution in [0.15, 0.2) is 78.1 Å². The quantitative estimate of drug-likeness (QED) is 0.784. The molecule has 2 atom stereocenters. The lowest BCUT2D eigenvalue weighted by Crippen LogP contribution is -2.33. The Balaban J connectivity index is 1.65. The summed E-state index contributed by atoms with van der Waals surface area (Å²) in [6.07, 6.45) is 3.70. The zero-order chi connectivity index (χ0) is 18.3. The first-order valence-electron chi connectivity index (χ1n) is 8.37. The van der Waals surface area contributed by atoms with Crippen molar-refractivity contribution in [3.05, 3.63) is 83.1 Å². The van der Waals surface area contributed by atoms with Crippen LogP contribution in [0.4, 0.5) is 5.69 Å². The van der Waals surface area contributed by atoms with Gasteiger partial charge in [0.25, 0.3) is 0 Å². The highest BCUT2D eigenvalue weighted by molar-refractivity contribution is 7.94. The number of ether oxygens (including phenoxy) is 1. The molecule has 26 heavy (non-hydrogen) atoms. The van der Waals surface area contributed by atoms with E-state index in [1.165, 1.54) is 4.31 Å². The normalized spacial score (nSPS) is 23.8. The number of rotatable bonds is 3. The molecule has 1 aliphatic carbocycles. The highest BCUT2D eigenvalue weighted by Gasteiger charge is 2.46.